The van der Waals surface area contributed by atoms with E-state index < -0.39 is 12.0 Å². The molecule has 0 aliphatic rings. The lowest BCUT2D eigenvalue weighted by Gasteiger charge is -2.23. The number of carbonyl (C=O) groups is 1. The number of carboxylic acid groups (broad SMARTS) is 1. The molecule has 3 heterocycles. The molecule has 0 fully saturated rings. The molecule has 0 amide bonds. The molecule has 5 aromatic rings. The number of para-hydroxylation sites is 1. The Bertz CT molecular complexity index is 1740. The van der Waals surface area contributed by atoms with Crippen LogP contribution in [0.1, 0.15) is 41.3 Å². The zero-order valence-corrected chi connectivity index (χ0v) is 22.1. The van der Waals surface area contributed by atoms with E-state index in [1.807, 2.05) is 43.3 Å². The van der Waals surface area contributed by atoms with Gasteiger partial charge in [0, 0.05) is 11.9 Å². The third kappa shape index (κ3) is 5.27. The number of halogens is 1. The minimum atomic E-state index is -1.05. The summed E-state index contributed by atoms with van der Waals surface area (Å²) >= 11 is 6.35. The van der Waals surface area contributed by atoms with Crippen LogP contribution in [-0.4, -0.2) is 35.6 Å². The molecular weight excluding hydrogens is 532 g/mol. The van der Waals surface area contributed by atoms with Crippen molar-refractivity contribution in [2.75, 3.05) is 16.4 Å². The first-order valence-electron chi connectivity index (χ1n) is 12.4. The number of hydrogen-bond acceptors (Lipinski definition) is 9. The first kappa shape index (κ1) is 26.6. The highest BCUT2D eigenvalue weighted by atomic mass is 35.5. The predicted molar refractivity (Wildman–Crippen MR) is 154 cm³/mol. The van der Waals surface area contributed by atoms with E-state index >= 15 is 0 Å². The molecule has 5 rings (SSSR count). The standard InChI is InChI=1S/C28H25ClN8O3/c1-2-19(35-25-23(29)24(30)33-15-34-25)26-36-21-10-6-9-20(32-14-17-12-11-16(13-31-17)28(39)40)22(21)27(38)37(26)18-7-4-3-5-8-18/h3-13,15,19,32H,2,14H2,1H3,(H,39,40)(H3,30,33,34,35). The maximum atomic E-state index is 14.2. The van der Waals surface area contributed by atoms with E-state index in [2.05, 4.69) is 25.6 Å². The van der Waals surface area contributed by atoms with E-state index in [1.165, 1.54) is 18.6 Å². The fourth-order valence-corrected chi connectivity index (χ4v) is 4.45. The van der Waals surface area contributed by atoms with Gasteiger partial charge in [-0.1, -0.05) is 42.8 Å². The molecule has 5 N–H and O–H groups in total. The van der Waals surface area contributed by atoms with Gasteiger partial charge in [-0.2, -0.15) is 0 Å². The number of hydrogen-bond donors (Lipinski definition) is 4. The number of fused-ring (bicyclic) bond motifs is 1. The van der Waals surface area contributed by atoms with Crippen LogP contribution in [0.5, 0.6) is 0 Å². The van der Waals surface area contributed by atoms with Gasteiger partial charge in [0.25, 0.3) is 5.56 Å². The summed E-state index contributed by atoms with van der Waals surface area (Å²) in [5, 5.41) is 16.2. The highest BCUT2D eigenvalue weighted by molar-refractivity contribution is 6.35. The molecule has 0 aliphatic carbocycles. The Labute approximate surface area is 233 Å². The molecule has 0 saturated heterocycles. The van der Waals surface area contributed by atoms with Gasteiger partial charge < -0.3 is 21.5 Å². The summed E-state index contributed by atoms with van der Waals surface area (Å²) in [6, 6.07) is 17.3. The van der Waals surface area contributed by atoms with Crippen LogP contribution < -0.4 is 21.9 Å². The van der Waals surface area contributed by atoms with Crippen molar-refractivity contribution >= 4 is 45.8 Å². The molecule has 3 aromatic heterocycles. The number of nitrogens with one attached hydrogen (secondary N) is 2. The fraction of sp³-hybridized carbons (Fsp3) is 0.143. The number of benzene rings is 2. The van der Waals surface area contributed by atoms with Crippen LogP contribution >= 0.6 is 11.6 Å². The molecule has 0 aliphatic heterocycles. The van der Waals surface area contributed by atoms with E-state index in [0.29, 0.717) is 46.0 Å². The third-order valence-electron chi connectivity index (χ3n) is 6.32. The molecule has 1 unspecified atom stereocenters. The van der Waals surface area contributed by atoms with E-state index in [4.69, 9.17) is 27.4 Å². The van der Waals surface area contributed by atoms with Gasteiger partial charge in [0.2, 0.25) is 0 Å². The molecule has 0 saturated carbocycles. The average Bonchev–Trinajstić information content (AvgIpc) is 2.97. The van der Waals surface area contributed by atoms with Crippen molar-refractivity contribution in [3.8, 4) is 5.69 Å². The molecule has 1 atom stereocenters. The number of nitrogens with zero attached hydrogens (tertiary/aromatic N) is 5. The fourth-order valence-electron chi connectivity index (χ4n) is 4.29. The lowest BCUT2D eigenvalue weighted by atomic mass is 10.1. The number of nitrogen functional groups attached to an aromatic ring is 1. The van der Waals surface area contributed by atoms with E-state index in [0.717, 1.165) is 0 Å². The van der Waals surface area contributed by atoms with Gasteiger partial charge in [0.05, 0.1) is 40.4 Å². The maximum absolute atomic E-state index is 14.2. The summed E-state index contributed by atoms with van der Waals surface area (Å²) in [5.74, 6) is -0.0900. The van der Waals surface area contributed by atoms with Crippen molar-refractivity contribution in [2.24, 2.45) is 0 Å². The zero-order chi connectivity index (χ0) is 28.2. The minimum absolute atomic E-state index is 0.0985. The number of aromatic carboxylic acids is 1. The summed E-state index contributed by atoms with van der Waals surface area (Å²) < 4.78 is 1.58. The van der Waals surface area contributed by atoms with Crippen LogP contribution in [0, 0.1) is 0 Å². The molecule has 12 heteroatoms. The quantitative estimate of drug-likeness (QED) is 0.200. The topological polar surface area (TPSA) is 161 Å². The Balaban J connectivity index is 1.60. The lowest BCUT2D eigenvalue weighted by Crippen LogP contribution is -2.29. The number of nitrogens with two attached hydrogens (primary N) is 1. The smallest absolute Gasteiger partial charge is 0.337 e. The number of rotatable bonds is 9. The van der Waals surface area contributed by atoms with Gasteiger partial charge in [-0.15, -0.1) is 0 Å². The Morgan fingerprint density at radius 2 is 1.88 bits per heavy atom. The number of pyridine rings is 1. The first-order chi connectivity index (χ1) is 19.4. The van der Waals surface area contributed by atoms with E-state index in [1.54, 1.807) is 22.8 Å². The van der Waals surface area contributed by atoms with Crippen LogP contribution in [0.15, 0.2) is 78.0 Å². The molecule has 40 heavy (non-hydrogen) atoms. The van der Waals surface area contributed by atoms with Crippen LogP contribution in [-0.2, 0) is 6.54 Å². The van der Waals surface area contributed by atoms with Crippen molar-refractivity contribution in [3.63, 3.8) is 0 Å². The van der Waals surface area contributed by atoms with E-state index in [-0.39, 0.29) is 28.5 Å². The normalized spacial score (nSPS) is 11.8. The molecule has 0 bridgehead atoms. The van der Waals surface area contributed by atoms with Crippen LogP contribution in [0.3, 0.4) is 0 Å². The van der Waals surface area contributed by atoms with Crippen molar-refractivity contribution < 1.29 is 9.90 Å². The predicted octanol–water partition coefficient (Wildman–Crippen LogP) is 4.68. The van der Waals surface area contributed by atoms with Gasteiger partial charge in [-0.25, -0.2) is 19.7 Å². The Morgan fingerprint density at radius 3 is 2.58 bits per heavy atom. The largest absolute Gasteiger partial charge is 0.478 e. The van der Waals surface area contributed by atoms with Gasteiger partial charge in [-0.05, 0) is 42.8 Å². The summed E-state index contributed by atoms with van der Waals surface area (Å²) in [6.45, 7) is 2.24. The summed E-state index contributed by atoms with van der Waals surface area (Å²) in [4.78, 5) is 42.6. The monoisotopic (exact) mass is 556 g/mol. The molecule has 2 aromatic carbocycles. The Kier molecular flexibility index (Phi) is 7.56. The van der Waals surface area contributed by atoms with Gasteiger partial charge in [-0.3, -0.25) is 14.3 Å². The molecular formula is C28H25ClN8O3. The summed E-state index contributed by atoms with van der Waals surface area (Å²) in [6.07, 6.45) is 3.17. The van der Waals surface area contributed by atoms with Crippen molar-refractivity contribution in [1.29, 1.82) is 0 Å². The molecule has 11 nitrogen and oxygen atoms in total. The Morgan fingerprint density at radius 1 is 1.07 bits per heavy atom. The van der Waals surface area contributed by atoms with Crippen LogP contribution in [0.25, 0.3) is 16.6 Å². The molecule has 0 spiro atoms. The maximum Gasteiger partial charge on any atom is 0.337 e. The minimum Gasteiger partial charge on any atom is -0.478 e. The second kappa shape index (κ2) is 11.4. The molecule has 202 valence electrons. The van der Waals surface area contributed by atoms with Gasteiger partial charge in [0.15, 0.2) is 5.82 Å². The van der Waals surface area contributed by atoms with E-state index in [9.17, 15) is 9.59 Å². The van der Waals surface area contributed by atoms with Gasteiger partial charge in [0.1, 0.15) is 23.0 Å². The van der Waals surface area contributed by atoms with Crippen LogP contribution in [0.2, 0.25) is 5.02 Å². The lowest BCUT2D eigenvalue weighted by molar-refractivity contribution is 0.0696. The van der Waals surface area contributed by atoms with Crippen LogP contribution in [0.4, 0.5) is 17.3 Å². The first-order valence-corrected chi connectivity index (χ1v) is 12.8. The second-order valence-corrected chi connectivity index (χ2v) is 9.25. The Hall–Kier alpha value is -5.03. The highest BCUT2D eigenvalue weighted by Crippen LogP contribution is 2.30. The van der Waals surface area contributed by atoms with Crippen molar-refractivity contribution in [1.82, 2.24) is 24.5 Å². The average molecular weight is 557 g/mol. The SMILES string of the molecule is CCC(Nc1ncnc(N)c1Cl)c1nc2cccc(NCc3ccc(C(=O)O)cn3)c2c(=O)n1-c1ccccc1. The summed E-state index contributed by atoms with van der Waals surface area (Å²) in [5.41, 5.74) is 8.04. The molecule has 0 radical (unpaired) electrons. The second-order valence-electron chi connectivity index (χ2n) is 8.87. The van der Waals surface area contributed by atoms with Gasteiger partial charge >= 0.3 is 5.97 Å². The number of aromatic nitrogens is 5. The van der Waals surface area contributed by atoms with Crippen molar-refractivity contribution in [2.45, 2.75) is 25.9 Å². The number of carboxylic acids is 1. The van der Waals surface area contributed by atoms with Crippen molar-refractivity contribution in [3.05, 3.63) is 106 Å². The zero-order valence-electron chi connectivity index (χ0n) is 21.4. The number of anilines is 3. The highest BCUT2D eigenvalue weighted by Gasteiger charge is 2.23. The summed E-state index contributed by atoms with van der Waals surface area (Å²) in [7, 11) is 0. The third-order valence-corrected chi connectivity index (χ3v) is 6.69.